The fraction of sp³-hybridized carbons (Fsp3) is 0.600. The van der Waals surface area contributed by atoms with E-state index < -0.39 is 10.0 Å². The Bertz CT molecular complexity index is 555. The summed E-state index contributed by atoms with van der Waals surface area (Å²) in [6, 6.07) is 4.35. The number of rotatable bonds is 8. The molecule has 1 rings (SSSR count). The zero-order valence-electron chi connectivity index (χ0n) is 13.1. The Morgan fingerprint density at radius 2 is 1.90 bits per heavy atom. The molecular formula is C15H25NO4S. The zero-order chi connectivity index (χ0) is 16.0. The molecule has 5 nitrogen and oxygen atoms in total. The van der Waals surface area contributed by atoms with Gasteiger partial charge >= 0.3 is 0 Å². The van der Waals surface area contributed by atoms with Gasteiger partial charge in [-0.2, -0.15) is 0 Å². The fourth-order valence-corrected chi connectivity index (χ4v) is 3.35. The lowest BCUT2D eigenvalue weighted by atomic mass is 10.1. The molecule has 6 heteroatoms. The van der Waals surface area contributed by atoms with Gasteiger partial charge in [0.1, 0.15) is 5.75 Å². The van der Waals surface area contributed by atoms with Crippen LogP contribution >= 0.6 is 0 Å². The topological polar surface area (TPSA) is 75.6 Å². The smallest absolute Gasteiger partial charge is 0.240 e. The third kappa shape index (κ3) is 5.30. The van der Waals surface area contributed by atoms with E-state index in [-0.39, 0.29) is 17.5 Å². The first-order chi connectivity index (χ1) is 9.80. The molecule has 21 heavy (non-hydrogen) atoms. The monoisotopic (exact) mass is 315 g/mol. The quantitative estimate of drug-likeness (QED) is 0.772. The van der Waals surface area contributed by atoms with Crippen LogP contribution in [0.4, 0.5) is 0 Å². The lowest BCUT2D eigenvalue weighted by Gasteiger charge is -2.16. The zero-order valence-corrected chi connectivity index (χ0v) is 13.9. The van der Waals surface area contributed by atoms with Crippen molar-refractivity contribution in [3.63, 3.8) is 0 Å². The molecule has 0 saturated heterocycles. The highest BCUT2D eigenvalue weighted by Gasteiger charge is 2.19. The number of aliphatic hydroxyl groups excluding tert-OH is 1. The molecule has 1 aromatic carbocycles. The van der Waals surface area contributed by atoms with E-state index in [1.807, 2.05) is 6.92 Å². The molecule has 0 bridgehead atoms. The molecule has 1 atom stereocenters. The predicted octanol–water partition coefficient (Wildman–Crippen LogP) is 2.29. The molecule has 1 unspecified atom stereocenters. The van der Waals surface area contributed by atoms with Gasteiger partial charge in [-0.05, 0) is 43.9 Å². The Labute approximate surface area is 127 Å². The van der Waals surface area contributed by atoms with Gasteiger partial charge in [-0.25, -0.2) is 13.1 Å². The first-order valence-corrected chi connectivity index (χ1v) is 8.58. The lowest BCUT2D eigenvalue weighted by molar-refractivity contribution is 0.273. The molecule has 0 aliphatic heterocycles. The van der Waals surface area contributed by atoms with E-state index in [4.69, 9.17) is 4.74 Å². The van der Waals surface area contributed by atoms with E-state index in [0.717, 1.165) is 12.8 Å². The standard InChI is InChI=1S/C15H25NO4S/c1-11(2)5-6-12(3)16-21(18,19)14-7-8-15(20-4)13(9-14)10-17/h7-9,11-12,16-17H,5-6,10H2,1-4H3. The molecule has 0 aromatic heterocycles. The van der Waals surface area contributed by atoms with Crippen molar-refractivity contribution in [3.05, 3.63) is 23.8 Å². The van der Waals surface area contributed by atoms with Gasteiger partial charge in [0.05, 0.1) is 18.6 Å². The number of benzene rings is 1. The molecule has 1 aromatic rings. The summed E-state index contributed by atoms with van der Waals surface area (Å²) in [5.41, 5.74) is 0.454. The third-order valence-corrected chi connectivity index (χ3v) is 4.85. The Balaban J connectivity index is 2.87. The molecule has 0 saturated carbocycles. The highest BCUT2D eigenvalue weighted by molar-refractivity contribution is 7.89. The van der Waals surface area contributed by atoms with Gasteiger partial charge in [0.2, 0.25) is 10.0 Å². The van der Waals surface area contributed by atoms with Crippen molar-refractivity contribution in [3.8, 4) is 5.75 Å². The number of ether oxygens (including phenoxy) is 1. The van der Waals surface area contributed by atoms with E-state index >= 15 is 0 Å². The Hall–Kier alpha value is -1.11. The van der Waals surface area contributed by atoms with E-state index in [2.05, 4.69) is 18.6 Å². The summed E-state index contributed by atoms with van der Waals surface area (Å²) >= 11 is 0. The summed E-state index contributed by atoms with van der Waals surface area (Å²) in [7, 11) is -2.10. The van der Waals surface area contributed by atoms with Gasteiger partial charge in [-0.15, -0.1) is 0 Å². The highest BCUT2D eigenvalue weighted by atomic mass is 32.2. The van der Waals surface area contributed by atoms with Crippen LogP contribution in [0.15, 0.2) is 23.1 Å². The van der Waals surface area contributed by atoms with E-state index in [0.29, 0.717) is 17.2 Å². The number of methoxy groups -OCH3 is 1. The van der Waals surface area contributed by atoms with Crippen molar-refractivity contribution >= 4 is 10.0 Å². The van der Waals surface area contributed by atoms with Crippen LogP contribution in [0.3, 0.4) is 0 Å². The molecule has 0 heterocycles. The molecular weight excluding hydrogens is 290 g/mol. The number of sulfonamides is 1. The van der Waals surface area contributed by atoms with Gasteiger partial charge in [-0.1, -0.05) is 13.8 Å². The largest absolute Gasteiger partial charge is 0.496 e. The van der Waals surface area contributed by atoms with Crippen LogP contribution in [-0.4, -0.2) is 26.7 Å². The minimum absolute atomic E-state index is 0.128. The molecule has 0 amide bonds. The molecule has 0 aliphatic rings. The second-order valence-corrected chi connectivity index (χ2v) is 7.34. The first kappa shape index (κ1) is 17.9. The Morgan fingerprint density at radius 1 is 1.24 bits per heavy atom. The SMILES string of the molecule is COc1ccc(S(=O)(=O)NC(C)CCC(C)C)cc1CO. The van der Waals surface area contributed by atoms with Gasteiger partial charge in [0.15, 0.2) is 0 Å². The van der Waals surface area contributed by atoms with E-state index in [9.17, 15) is 13.5 Å². The van der Waals surface area contributed by atoms with Crippen LogP contribution in [0.5, 0.6) is 5.75 Å². The van der Waals surface area contributed by atoms with E-state index in [1.54, 1.807) is 6.07 Å². The molecule has 0 fully saturated rings. The summed E-state index contributed by atoms with van der Waals surface area (Å²) in [6.45, 7) is 5.81. The van der Waals surface area contributed by atoms with Crippen LogP contribution in [0.2, 0.25) is 0 Å². The van der Waals surface area contributed by atoms with Crippen molar-refractivity contribution in [1.82, 2.24) is 4.72 Å². The summed E-state index contributed by atoms with van der Waals surface area (Å²) in [6.07, 6.45) is 1.76. The average Bonchev–Trinajstić information content (AvgIpc) is 2.43. The average molecular weight is 315 g/mol. The number of hydrogen-bond acceptors (Lipinski definition) is 4. The van der Waals surface area contributed by atoms with Crippen LogP contribution in [0.25, 0.3) is 0 Å². The molecule has 0 spiro atoms. The molecule has 0 aliphatic carbocycles. The van der Waals surface area contributed by atoms with Crippen LogP contribution in [0, 0.1) is 5.92 Å². The predicted molar refractivity (Wildman–Crippen MR) is 82.8 cm³/mol. The normalized spacial score (nSPS) is 13.4. The maximum atomic E-state index is 12.3. The van der Waals surface area contributed by atoms with Crippen LogP contribution in [-0.2, 0) is 16.6 Å². The summed E-state index contributed by atoms with van der Waals surface area (Å²) in [5, 5.41) is 9.27. The van der Waals surface area contributed by atoms with Gasteiger partial charge in [0, 0.05) is 11.6 Å². The highest BCUT2D eigenvalue weighted by Crippen LogP contribution is 2.22. The third-order valence-electron chi connectivity index (χ3n) is 3.27. The second-order valence-electron chi connectivity index (χ2n) is 5.63. The van der Waals surface area contributed by atoms with Gasteiger partial charge in [0.25, 0.3) is 0 Å². The molecule has 0 radical (unpaired) electrons. The van der Waals surface area contributed by atoms with Crippen LogP contribution in [0.1, 0.15) is 39.2 Å². The van der Waals surface area contributed by atoms with Gasteiger partial charge < -0.3 is 9.84 Å². The maximum absolute atomic E-state index is 12.3. The Morgan fingerprint density at radius 3 is 2.43 bits per heavy atom. The molecule has 120 valence electrons. The Kier molecular flexibility index (Phi) is 6.64. The van der Waals surface area contributed by atoms with Crippen LogP contribution < -0.4 is 9.46 Å². The number of nitrogens with one attached hydrogen (secondary N) is 1. The van der Waals surface area contributed by atoms with Crippen molar-refractivity contribution in [2.24, 2.45) is 5.92 Å². The summed E-state index contributed by atoms with van der Waals surface area (Å²) in [4.78, 5) is 0.142. The minimum atomic E-state index is -3.58. The minimum Gasteiger partial charge on any atom is -0.496 e. The number of aliphatic hydroxyl groups is 1. The van der Waals surface area contributed by atoms with Crippen molar-refractivity contribution in [1.29, 1.82) is 0 Å². The van der Waals surface area contributed by atoms with E-state index in [1.165, 1.54) is 19.2 Å². The lowest BCUT2D eigenvalue weighted by Crippen LogP contribution is -2.32. The second kappa shape index (κ2) is 7.77. The first-order valence-electron chi connectivity index (χ1n) is 7.10. The van der Waals surface area contributed by atoms with Crippen molar-refractivity contribution in [2.75, 3.05) is 7.11 Å². The molecule has 2 N–H and O–H groups in total. The van der Waals surface area contributed by atoms with Crippen molar-refractivity contribution in [2.45, 2.75) is 51.2 Å². The summed E-state index contributed by atoms with van der Waals surface area (Å²) < 4.78 is 32.4. The van der Waals surface area contributed by atoms with Gasteiger partial charge in [-0.3, -0.25) is 0 Å². The summed E-state index contributed by atoms with van der Waals surface area (Å²) in [5.74, 6) is 1.02. The fourth-order valence-electron chi connectivity index (χ4n) is 2.02. The maximum Gasteiger partial charge on any atom is 0.240 e. The van der Waals surface area contributed by atoms with Crippen molar-refractivity contribution < 1.29 is 18.3 Å². The number of hydrogen-bond donors (Lipinski definition) is 2.